The molecule has 1 saturated carbocycles. The van der Waals surface area contributed by atoms with E-state index in [-0.39, 0.29) is 24.0 Å². The second-order valence-corrected chi connectivity index (χ2v) is 9.21. The van der Waals surface area contributed by atoms with Gasteiger partial charge in [-0.2, -0.15) is 0 Å². The van der Waals surface area contributed by atoms with Gasteiger partial charge in [0.25, 0.3) is 0 Å². The first kappa shape index (κ1) is 22.0. The number of guanidine groups is 1. The van der Waals surface area contributed by atoms with E-state index in [1.165, 1.54) is 32.1 Å². The Hall–Kier alpha value is -0.0900. The van der Waals surface area contributed by atoms with Gasteiger partial charge in [-0.05, 0) is 24.7 Å². The lowest BCUT2D eigenvalue weighted by atomic mass is 9.83. The molecular formula is C16H33IN4O2S. The van der Waals surface area contributed by atoms with Gasteiger partial charge in [-0.15, -0.1) is 24.0 Å². The number of nitrogens with one attached hydrogen (secondary N) is 2. The molecule has 0 bridgehead atoms. The third-order valence-corrected chi connectivity index (χ3v) is 7.04. The Morgan fingerprint density at radius 2 is 1.79 bits per heavy atom. The second kappa shape index (κ2) is 10.2. The molecule has 0 spiro atoms. The SMILES string of the molecule is CCC1(CNC(=NC)NCCN2CCS(=O)(=O)CC2)CCCC1.I. The van der Waals surface area contributed by atoms with Crippen LogP contribution in [-0.2, 0) is 9.84 Å². The summed E-state index contributed by atoms with van der Waals surface area (Å²) in [4.78, 5) is 6.50. The first-order valence-corrected chi connectivity index (χ1v) is 10.7. The van der Waals surface area contributed by atoms with Gasteiger partial charge < -0.3 is 10.6 Å². The molecule has 6 nitrogen and oxygen atoms in total. The molecule has 0 radical (unpaired) electrons. The fourth-order valence-corrected chi connectivity index (χ4v) is 4.86. The molecule has 0 amide bonds. The molecule has 2 fully saturated rings. The molecular weight excluding hydrogens is 439 g/mol. The minimum absolute atomic E-state index is 0. The summed E-state index contributed by atoms with van der Waals surface area (Å²) < 4.78 is 22.8. The van der Waals surface area contributed by atoms with Crippen molar-refractivity contribution in [2.75, 3.05) is 51.3 Å². The van der Waals surface area contributed by atoms with E-state index in [1.54, 1.807) is 7.05 Å². The zero-order valence-corrected chi connectivity index (χ0v) is 18.2. The lowest BCUT2D eigenvalue weighted by Crippen LogP contribution is -2.47. The summed E-state index contributed by atoms with van der Waals surface area (Å²) in [6, 6.07) is 0. The molecule has 2 N–H and O–H groups in total. The van der Waals surface area contributed by atoms with Crippen molar-refractivity contribution in [3.63, 3.8) is 0 Å². The number of rotatable bonds is 6. The summed E-state index contributed by atoms with van der Waals surface area (Å²) in [5, 5.41) is 6.83. The lowest BCUT2D eigenvalue weighted by Gasteiger charge is -2.29. The Morgan fingerprint density at radius 3 is 2.33 bits per heavy atom. The zero-order chi connectivity index (χ0) is 16.8. The van der Waals surface area contributed by atoms with E-state index in [2.05, 4.69) is 27.4 Å². The monoisotopic (exact) mass is 472 g/mol. The maximum absolute atomic E-state index is 11.4. The van der Waals surface area contributed by atoms with Crippen LogP contribution in [-0.4, -0.2) is 70.6 Å². The molecule has 8 heteroatoms. The average Bonchev–Trinajstić information content (AvgIpc) is 3.01. The maximum Gasteiger partial charge on any atom is 0.191 e. The van der Waals surface area contributed by atoms with Crippen molar-refractivity contribution >= 4 is 39.8 Å². The third kappa shape index (κ3) is 6.67. The zero-order valence-electron chi connectivity index (χ0n) is 15.0. The fraction of sp³-hybridized carbons (Fsp3) is 0.938. The summed E-state index contributed by atoms with van der Waals surface area (Å²) in [5.41, 5.74) is 0.443. The summed E-state index contributed by atoms with van der Waals surface area (Å²) in [6.07, 6.45) is 6.55. The first-order valence-electron chi connectivity index (χ1n) is 8.86. The van der Waals surface area contributed by atoms with E-state index in [0.29, 0.717) is 30.0 Å². The molecule has 0 aromatic rings. The van der Waals surface area contributed by atoms with Crippen molar-refractivity contribution in [3.8, 4) is 0 Å². The van der Waals surface area contributed by atoms with Crippen molar-refractivity contribution in [1.29, 1.82) is 0 Å². The number of aliphatic imine (C=N–C) groups is 1. The second-order valence-electron chi connectivity index (χ2n) is 6.91. The van der Waals surface area contributed by atoms with Crippen molar-refractivity contribution in [2.24, 2.45) is 10.4 Å². The highest BCUT2D eigenvalue weighted by atomic mass is 127. The molecule has 1 heterocycles. The Balaban J connectivity index is 0.00000288. The van der Waals surface area contributed by atoms with Crippen LogP contribution in [0.2, 0.25) is 0 Å². The lowest BCUT2D eigenvalue weighted by molar-refractivity contribution is 0.282. The number of nitrogens with zero attached hydrogens (tertiary/aromatic N) is 2. The Kier molecular flexibility index (Phi) is 9.29. The molecule has 2 aliphatic rings. The highest BCUT2D eigenvalue weighted by molar-refractivity contribution is 14.0. The normalized spacial score (nSPS) is 23.5. The summed E-state index contributed by atoms with van der Waals surface area (Å²) in [5.74, 6) is 1.44. The van der Waals surface area contributed by atoms with E-state index < -0.39 is 9.84 Å². The van der Waals surface area contributed by atoms with Crippen LogP contribution in [0.15, 0.2) is 4.99 Å². The highest BCUT2D eigenvalue weighted by Crippen LogP contribution is 2.40. The molecule has 0 unspecified atom stereocenters. The van der Waals surface area contributed by atoms with Crippen LogP contribution in [0, 0.1) is 5.41 Å². The van der Waals surface area contributed by atoms with Crippen molar-refractivity contribution < 1.29 is 8.42 Å². The van der Waals surface area contributed by atoms with E-state index >= 15 is 0 Å². The topological polar surface area (TPSA) is 73.8 Å². The Morgan fingerprint density at radius 1 is 1.17 bits per heavy atom. The van der Waals surface area contributed by atoms with E-state index in [0.717, 1.165) is 25.6 Å². The Bertz CT molecular complexity index is 490. The average molecular weight is 472 g/mol. The van der Waals surface area contributed by atoms with E-state index in [9.17, 15) is 8.42 Å². The van der Waals surface area contributed by atoms with Crippen molar-refractivity contribution in [1.82, 2.24) is 15.5 Å². The standard InChI is InChI=1S/C16H32N4O2S.HI/c1-3-16(6-4-5-7-16)14-19-15(17-2)18-8-9-20-10-12-23(21,22)13-11-20;/h3-14H2,1-2H3,(H2,17,18,19);1H. The molecule has 1 aliphatic heterocycles. The minimum Gasteiger partial charge on any atom is -0.356 e. The van der Waals surface area contributed by atoms with Crippen molar-refractivity contribution in [3.05, 3.63) is 0 Å². The largest absolute Gasteiger partial charge is 0.356 e. The molecule has 0 aromatic carbocycles. The van der Waals surface area contributed by atoms with Gasteiger partial charge in [-0.3, -0.25) is 9.89 Å². The van der Waals surface area contributed by atoms with Gasteiger partial charge >= 0.3 is 0 Å². The van der Waals surface area contributed by atoms with Gasteiger partial charge in [0, 0.05) is 39.8 Å². The van der Waals surface area contributed by atoms with Crippen LogP contribution in [0.1, 0.15) is 39.0 Å². The number of hydrogen-bond donors (Lipinski definition) is 2. The molecule has 24 heavy (non-hydrogen) atoms. The maximum atomic E-state index is 11.4. The van der Waals surface area contributed by atoms with Crippen LogP contribution < -0.4 is 10.6 Å². The molecule has 2 rings (SSSR count). The summed E-state index contributed by atoms with van der Waals surface area (Å²) >= 11 is 0. The van der Waals surface area contributed by atoms with Gasteiger partial charge in [0.1, 0.15) is 0 Å². The van der Waals surface area contributed by atoms with Crippen LogP contribution >= 0.6 is 24.0 Å². The number of halogens is 1. The van der Waals surface area contributed by atoms with Crippen LogP contribution in [0.25, 0.3) is 0 Å². The van der Waals surface area contributed by atoms with Crippen LogP contribution in [0.4, 0.5) is 0 Å². The minimum atomic E-state index is -2.79. The fourth-order valence-electron chi connectivity index (χ4n) is 3.58. The molecule has 1 saturated heterocycles. The molecule has 142 valence electrons. The van der Waals surface area contributed by atoms with Gasteiger partial charge in [-0.25, -0.2) is 8.42 Å². The van der Waals surface area contributed by atoms with E-state index in [1.807, 2.05) is 0 Å². The smallest absolute Gasteiger partial charge is 0.191 e. The summed E-state index contributed by atoms with van der Waals surface area (Å²) in [7, 11) is -0.986. The van der Waals surface area contributed by atoms with Gasteiger partial charge in [0.05, 0.1) is 11.5 Å². The van der Waals surface area contributed by atoms with Gasteiger partial charge in [0.15, 0.2) is 15.8 Å². The number of hydrogen-bond acceptors (Lipinski definition) is 4. The first-order chi connectivity index (χ1) is 11.0. The quantitative estimate of drug-likeness (QED) is 0.348. The highest BCUT2D eigenvalue weighted by Gasteiger charge is 2.31. The Labute approximate surface area is 164 Å². The molecule has 0 aromatic heterocycles. The third-order valence-electron chi connectivity index (χ3n) is 5.43. The van der Waals surface area contributed by atoms with Crippen LogP contribution in [0.3, 0.4) is 0 Å². The van der Waals surface area contributed by atoms with Gasteiger partial charge in [0.2, 0.25) is 0 Å². The van der Waals surface area contributed by atoms with Crippen molar-refractivity contribution in [2.45, 2.75) is 39.0 Å². The number of sulfone groups is 1. The predicted octanol–water partition coefficient (Wildman–Crippen LogP) is 1.47. The van der Waals surface area contributed by atoms with Crippen LogP contribution in [0.5, 0.6) is 0 Å². The molecule has 1 aliphatic carbocycles. The van der Waals surface area contributed by atoms with E-state index in [4.69, 9.17) is 0 Å². The predicted molar refractivity (Wildman–Crippen MR) is 111 cm³/mol. The van der Waals surface area contributed by atoms with Gasteiger partial charge in [-0.1, -0.05) is 19.8 Å². The summed E-state index contributed by atoms with van der Waals surface area (Å²) in [6.45, 7) is 6.22. The molecule has 0 atom stereocenters.